The standard InChI is InChI=1S/C22H23Cl2NO6.C17H22O7.C6H5Cl2N/c1-21(2)30-11-22(12-31-21)9-28-19-13(4-5-18(27-3)20(19)29-10-22)17(26)6-14-15(23)7-25-8-16(14)24;1-16(2)23-9-17(10-24-16)7-21-13-11(15(18)20-4)5-6-12(19-3)14(13)22-8-17;1-4-5(7)2-9-3-6(4)8/h4-5,7-8H,6,9-12H2,1-3H3;5-6H,7-10H2,1-4H3;2-3H,1H3. The Balaban J connectivity index is 0.000000182. The number of hydrogen-bond acceptors (Lipinski definition) is 15. The molecule has 346 valence electrons. The van der Waals surface area contributed by atoms with E-state index in [4.69, 9.17) is 98.5 Å². The van der Waals surface area contributed by atoms with E-state index in [1.165, 1.54) is 33.7 Å². The van der Waals surface area contributed by atoms with E-state index in [2.05, 4.69) is 9.97 Å². The molecule has 8 rings (SSSR count). The molecule has 0 radical (unpaired) electrons. The van der Waals surface area contributed by atoms with Gasteiger partial charge in [0, 0.05) is 36.8 Å². The molecule has 19 heteroatoms. The fourth-order valence-electron chi connectivity index (χ4n) is 6.59. The van der Waals surface area contributed by atoms with Gasteiger partial charge in [0.25, 0.3) is 0 Å². The summed E-state index contributed by atoms with van der Waals surface area (Å²) in [6, 6.07) is 6.59. The van der Waals surface area contributed by atoms with Crippen molar-refractivity contribution in [2.24, 2.45) is 10.8 Å². The van der Waals surface area contributed by atoms with E-state index in [-0.39, 0.29) is 18.8 Å². The van der Waals surface area contributed by atoms with Crippen LogP contribution in [0.15, 0.2) is 49.1 Å². The molecule has 2 fully saturated rings. The number of ketones is 1. The van der Waals surface area contributed by atoms with E-state index < -0.39 is 28.4 Å². The van der Waals surface area contributed by atoms with Crippen LogP contribution >= 0.6 is 46.4 Å². The number of aromatic nitrogens is 2. The summed E-state index contributed by atoms with van der Waals surface area (Å²) in [5.41, 5.74) is 1.09. The summed E-state index contributed by atoms with van der Waals surface area (Å²) in [6.45, 7) is 12.2. The zero-order valence-corrected chi connectivity index (χ0v) is 39.7. The summed E-state index contributed by atoms with van der Waals surface area (Å²) >= 11 is 23.7. The molecule has 0 unspecified atom stereocenters. The van der Waals surface area contributed by atoms with Crippen LogP contribution in [0.4, 0.5) is 0 Å². The quantitative estimate of drug-likeness (QED) is 0.133. The maximum atomic E-state index is 13.2. The van der Waals surface area contributed by atoms with Crippen LogP contribution in [-0.2, 0) is 30.1 Å². The fraction of sp³-hybridized carbons (Fsp3) is 0.467. The molecule has 4 aliphatic rings. The van der Waals surface area contributed by atoms with Crippen LogP contribution in [0, 0.1) is 17.8 Å². The molecule has 0 amide bonds. The third kappa shape index (κ3) is 11.4. The van der Waals surface area contributed by atoms with Gasteiger partial charge in [-0.1, -0.05) is 46.4 Å². The first-order valence-electron chi connectivity index (χ1n) is 20.0. The number of methoxy groups -OCH3 is 3. The minimum atomic E-state index is -0.660. The second-order valence-electron chi connectivity index (χ2n) is 16.5. The molecule has 0 atom stereocenters. The van der Waals surface area contributed by atoms with Gasteiger partial charge in [0.05, 0.1) is 84.2 Å². The van der Waals surface area contributed by atoms with Gasteiger partial charge in [-0.3, -0.25) is 14.8 Å². The Morgan fingerprint density at radius 2 is 0.938 bits per heavy atom. The maximum absolute atomic E-state index is 13.2. The molecular formula is C45H50Cl4N2O13. The number of benzene rings is 2. The molecule has 15 nitrogen and oxygen atoms in total. The highest BCUT2D eigenvalue weighted by Crippen LogP contribution is 2.47. The van der Waals surface area contributed by atoms with E-state index in [1.54, 1.807) is 36.7 Å². The number of esters is 1. The van der Waals surface area contributed by atoms with Gasteiger partial charge in [-0.2, -0.15) is 0 Å². The second-order valence-corrected chi connectivity index (χ2v) is 18.1. The lowest BCUT2D eigenvalue weighted by molar-refractivity contribution is -0.291. The maximum Gasteiger partial charge on any atom is 0.341 e. The van der Waals surface area contributed by atoms with Crippen molar-refractivity contribution in [2.45, 2.75) is 52.6 Å². The Morgan fingerprint density at radius 3 is 1.33 bits per heavy atom. The monoisotopic (exact) mass is 966 g/mol. The van der Waals surface area contributed by atoms with E-state index in [0.717, 1.165) is 5.56 Å². The predicted molar refractivity (Wildman–Crippen MR) is 237 cm³/mol. The summed E-state index contributed by atoms with van der Waals surface area (Å²) in [5.74, 6) is 0.385. The number of nitrogens with zero attached hydrogens (tertiary/aromatic N) is 2. The zero-order chi connectivity index (χ0) is 46.5. The van der Waals surface area contributed by atoms with Crippen molar-refractivity contribution in [3.63, 3.8) is 0 Å². The van der Waals surface area contributed by atoms with Crippen LogP contribution < -0.4 is 28.4 Å². The minimum Gasteiger partial charge on any atom is -0.493 e. The van der Waals surface area contributed by atoms with Gasteiger partial charge in [-0.05, 0) is 64.4 Å². The number of rotatable bonds is 6. The predicted octanol–water partition coefficient (Wildman–Crippen LogP) is 9.08. The van der Waals surface area contributed by atoms with Crippen molar-refractivity contribution in [3.05, 3.63) is 91.4 Å². The van der Waals surface area contributed by atoms with Crippen LogP contribution in [0.5, 0.6) is 34.5 Å². The Bertz CT molecular complexity index is 2280. The molecule has 0 aliphatic carbocycles. The normalized spacial score (nSPS) is 18.4. The van der Waals surface area contributed by atoms with Gasteiger partial charge in [0.2, 0.25) is 11.5 Å². The lowest BCUT2D eigenvalue weighted by atomic mass is 9.91. The average molecular weight is 969 g/mol. The van der Waals surface area contributed by atoms with E-state index >= 15 is 0 Å². The average Bonchev–Trinajstić information content (AvgIpc) is 3.59. The smallest absolute Gasteiger partial charge is 0.341 e. The van der Waals surface area contributed by atoms with Gasteiger partial charge in [-0.15, -0.1) is 0 Å². The Morgan fingerprint density at radius 1 is 0.562 bits per heavy atom. The Labute approximate surface area is 391 Å². The fourth-order valence-corrected chi connectivity index (χ4v) is 7.45. The molecular weight excluding hydrogens is 918 g/mol. The summed E-state index contributed by atoms with van der Waals surface area (Å²) < 4.78 is 62.9. The Kier molecular flexibility index (Phi) is 15.7. The largest absolute Gasteiger partial charge is 0.493 e. The molecule has 0 saturated carbocycles. The molecule has 4 aromatic rings. The number of carbonyl (C=O) groups excluding carboxylic acids is 2. The van der Waals surface area contributed by atoms with E-state index in [0.29, 0.717) is 118 Å². The van der Waals surface area contributed by atoms with E-state index in [9.17, 15) is 9.59 Å². The summed E-state index contributed by atoms with van der Waals surface area (Å²) in [4.78, 5) is 32.9. The third-order valence-electron chi connectivity index (χ3n) is 10.7. The molecule has 2 aromatic heterocycles. The molecule has 2 saturated heterocycles. The molecule has 2 spiro atoms. The molecule has 0 bridgehead atoms. The van der Waals surface area contributed by atoms with Crippen LogP contribution in [-0.4, -0.2) is 107 Å². The minimum absolute atomic E-state index is 0.00608. The van der Waals surface area contributed by atoms with Crippen molar-refractivity contribution in [1.82, 2.24) is 9.97 Å². The van der Waals surface area contributed by atoms with E-state index in [1.807, 2.05) is 34.6 Å². The topological polar surface area (TPSA) is 161 Å². The van der Waals surface area contributed by atoms with Crippen molar-refractivity contribution < 1.29 is 61.7 Å². The first kappa shape index (κ1) is 49.1. The van der Waals surface area contributed by atoms with Gasteiger partial charge in [-0.25, -0.2) is 4.79 Å². The number of carbonyl (C=O) groups is 2. The summed E-state index contributed by atoms with van der Waals surface area (Å²) in [6.07, 6.45) is 6.05. The summed E-state index contributed by atoms with van der Waals surface area (Å²) in [5, 5.41) is 1.89. The molecule has 6 heterocycles. The first-order chi connectivity index (χ1) is 30.3. The lowest BCUT2D eigenvalue weighted by Gasteiger charge is -2.41. The number of halogens is 4. The number of pyridine rings is 2. The highest BCUT2D eigenvalue weighted by molar-refractivity contribution is 6.36. The molecule has 2 aromatic carbocycles. The molecule has 64 heavy (non-hydrogen) atoms. The van der Waals surface area contributed by atoms with Gasteiger partial charge in [0.15, 0.2) is 40.4 Å². The highest BCUT2D eigenvalue weighted by atomic mass is 35.5. The molecule has 4 aliphatic heterocycles. The van der Waals surface area contributed by atoms with Crippen LogP contribution in [0.25, 0.3) is 0 Å². The van der Waals surface area contributed by atoms with Crippen LogP contribution in [0.2, 0.25) is 20.1 Å². The van der Waals surface area contributed by atoms with Crippen molar-refractivity contribution in [3.8, 4) is 34.5 Å². The number of ether oxygens (including phenoxy) is 11. The third-order valence-corrected chi connectivity index (χ3v) is 12.1. The summed E-state index contributed by atoms with van der Waals surface area (Å²) in [7, 11) is 4.39. The van der Waals surface area contributed by atoms with Gasteiger partial charge >= 0.3 is 5.97 Å². The lowest BCUT2D eigenvalue weighted by Crippen LogP contribution is -2.51. The SMILES string of the molecule is COC(=O)c1ccc(OC)c2c1OCC1(CO2)COC(C)(C)OC1.COc1ccc(C(=O)Cc2c(Cl)cncc2Cl)c2c1OCC1(CO2)COC(C)(C)OC1.Cc1c(Cl)cncc1Cl. The van der Waals surface area contributed by atoms with Crippen molar-refractivity contribution in [1.29, 1.82) is 0 Å². The number of hydrogen-bond donors (Lipinski definition) is 0. The highest BCUT2D eigenvalue weighted by Gasteiger charge is 2.46. The Hall–Kier alpha value is -4.32. The van der Waals surface area contributed by atoms with Gasteiger partial charge in [0.1, 0.15) is 32.0 Å². The zero-order valence-electron chi connectivity index (χ0n) is 36.7. The van der Waals surface area contributed by atoms with Crippen LogP contribution in [0.1, 0.15) is 59.5 Å². The number of Topliss-reactive ketones (excluding diaryl/α,β-unsaturated/α-hetero) is 1. The van der Waals surface area contributed by atoms with Crippen molar-refractivity contribution >= 4 is 58.2 Å². The number of fused-ring (bicyclic) bond motifs is 2. The molecule has 0 N–H and O–H groups in total. The first-order valence-corrected chi connectivity index (χ1v) is 21.5. The van der Waals surface area contributed by atoms with Crippen LogP contribution in [0.3, 0.4) is 0 Å². The van der Waals surface area contributed by atoms with Gasteiger partial charge < -0.3 is 52.1 Å². The second kappa shape index (κ2) is 20.5. The van der Waals surface area contributed by atoms with Crippen molar-refractivity contribution in [2.75, 3.05) is 74.2 Å².